The molecule has 5 rings (SSSR count). The standard InChI is InChI=1S/C34H48N8O4/c1-22(35-5)20-36-30(34(2,3)4)33(44)42-13-7-8-28(42)32(43)40-27-18-25-26(19-29(27)45-6)37-21-38-31(25)39-23-9-11-24(12-10-23)41-14-16-46-17-15-41/h9-12,18-19,21-22,28,30,35-36H,7-8,13-17,20H2,1-6H3,(H,40,43)(H,37,38,39)/t22-,28-,30+/m0/s1. The summed E-state index contributed by atoms with van der Waals surface area (Å²) in [6.45, 7) is 12.6. The normalized spacial score (nSPS) is 18.3. The highest BCUT2D eigenvalue weighted by molar-refractivity contribution is 6.02. The minimum Gasteiger partial charge on any atom is -0.494 e. The van der Waals surface area contributed by atoms with Crippen LogP contribution in [0.3, 0.4) is 0 Å². The van der Waals surface area contributed by atoms with E-state index in [1.54, 1.807) is 18.1 Å². The highest BCUT2D eigenvalue weighted by atomic mass is 16.5. The monoisotopic (exact) mass is 632 g/mol. The third-order valence-electron chi connectivity index (χ3n) is 8.79. The predicted molar refractivity (Wildman–Crippen MR) is 182 cm³/mol. The van der Waals surface area contributed by atoms with Crippen molar-refractivity contribution in [3.8, 4) is 5.75 Å². The van der Waals surface area contributed by atoms with Crippen molar-refractivity contribution in [1.29, 1.82) is 0 Å². The van der Waals surface area contributed by atoms with Gasteiger partial charge in [0.15, 0.2) is 0 Å². The maximum absolute atomic E-state index is 13.9. The zero-order valence-electron chi connectivity index (χ0n) is 27.9. The first-order chi connectivity index (χ1) is 22.1. The fourth-order valence-electron chi connectivity index (χ4n) is 6.01. The number of nitrogens with one attached hydrogen (secondary N) is 4. The van der Waals surface area contributed by atoms with E-state index < -0.39 is 12.1 Å². The van der Waals surface area contributed by atoms with E-state index in [-0.39, 0.29) is 23.3 Å². The van der Waals surface area contributed by atoms with Gasteiger partial charge in [0.05, 0.1) is 37.6 Å². The smallest absolute Gasteiger partial charge is 0.247 e. The summed E-state index contributed by atoms with van der Waals surface area (Å²) in [6, 6.07) is 11.0. The number of carbonyl (C=O) groups is 2. The van der Waals surface area contributed by atoms with Crippen molar-refractivity contribution in [1.82, 2.24) is 25.5 Å². The zero-order chi connectivity index (χ0) is 32.8. The maximum atomic E-state index is 13.9. The molecular formula is C34H48N8O4. The molecule has 0 bridgehead atoms. The molecule has 0 radical (unpaired) electrons. The van der Waals surface area contributed by atoms with E-state index in [0.29, 0.717) is 42.3 Å². The van der Waals surface area contributed by atoms with Crippen molar-refractivity contribution in [2.75, 3.05) is 69.1 Å². The Kier molecular flexibility index (Phi) is 10.6. The van der Waals surface area contributed by atoms with Gasteiger partial charge in [0.1, 0.15) is 23.9 Å². The number of nitrogens with zero attached hydrogens (tertiary/aromatic N) is 4. The third kappa shape index (κ3) is 7.68. The molecule has 12 nitrogen and oxygen atoms in total. The number of anilines is 4. The number of morpholine rings is 1. The van der Waals surface area contributed by atoms with Crippen LogP contribution in [-0.2, 0) is 14.3 Å². The van der Waals surface area contributed by atoms with Gasteiger partial charge >= 0.3 is 0 Å². The average Bonchev–Trinajstić information content (AvgIpc) is 3.55. The molecule has 2 aliphatic rings. The van der Waals surface area contributed by atoms with Crippen molar-refractivity contribution in [3.63, 3.8) is 0 Å². The Labute approximate surface area is 271 Å². The quantitative estimate of drug-likeness (QED) is 0.248. The van der Waals surface area contributed by atoms with Crippen molar-refractivity contribution in [3.05, 3.63) is 42.7 Å². The molecule has 3 aromatic rings. The SMILES string of the molecule is CN[C@@H](C)CN[C@H](C(=O)N1CCC[C@H]1C(=O)Nc1cc2c(Nc3ccc(N4CCOCC4)cc3)ncnc2cc1OC)C(C)(C)C. The van der Waals surface area contributed by atoms with E-state index in [1.807, 2.05) is 46.0 Å². The van der Waals surface area contributed by atoms with Crippen LogP contribution in [0.1, 0.15) is 40.5 Å². The van der Waals surface area contributed by atoms with E-state index in [4.69, 9.17) is 9.47 Å². The Bertz CT molecular complexity index is 1500. The van der Waals surface area contributed by atoms with Crippen LogP contribution in [0.15, 0.2) is 42.7 Å². The van der Waals surface area contributed by atoms with E-state index in [1.165, 1.54) is 6.33 Å². The zero-order valence-corrected chi connectivity index (χ0v) is 27.9. The summed E-state index contributed by atoms with van der Waals surface area (Å²) in [5, 5.41) is 13.9. The summed E-state index contributed by atoms with van der Waals surface area (Å²) >= 11 is 0. The fourth-order valence-corrected chi connectivity index (χ4v) is 6.01. The molecule has 12 heteroatoms. The number of likely N-dealkylation sites (tertiary alicyclic amines) is 1. The Morgan fingerprint density at radius 3 is 2.50 bits per heavy atom. The van der Waals surface area contributed by atoms with Crippen LogP contribution in [0.5, 0.6) is 5.75 Å². The molecule has 248 valence electrons. The van der Waals surface area contributed by atoms with Gasteiger partial charge in [-0.3, -0.25) is 9.59 Å². The molecule has 46 heavy (non-hydrogen) atoms. The Balaban J connectivity index is 1.35. The van der Waals surface area contributed by atoms with Crippen molar-refractivity contribution >= 4 is 45.6 Å². The Morgan fingerprint density at radius 2 is 1.83 bits per heavy atom. The molecule has 0 aliphatic carbocycles. The largest absolute Gasteiger partial charge is 0.494 e. The van der Waals surface area contributed by atoms with Crippen molar-refractivity contribution in [2.24, 2.45) is 5.41 Å². The van der Waals surface area contributed by atoms with Gasteiger partial charge in [-0.15, -0.1) is 0 Å². The number of hydrogen-bond donors (Lipinski definition) is 4. The van der Waals surface area contributed by atoms with Gasteiger partial charge in [0.25, 0.3) is 0 Å². The van der Waals surface area contributed by atoms with Crippen LogP contribution in [0.25, 0.3) is 10.9 Å². The second-order valence-electron chi connectivity index (χ2n) is 13.1. The van der Waals surface area contributed by atoms with Gasteiger partial charge in [0, 0.05) is 55.0 Å². The molecule has 3 atom stereocenters. The molecule has 2 amide bonds. The molecule has 1 aromatic heterocycles. The number of aromatic nitrogens is 2. The van der Waals surface area contributed by atoms with E-state index in [0.717, 1.165) is 49.5 Å². The minimum absolute atomic E-state index is 0.0570. The van der Waals surface area contributed by atoms with Crippen LogP contribution >= 0.6 is 0 Å². The van der Waals surface area contributed by atoms with Crippen LogP contribution in [0.4, 0.5) is 22.9 Å². The van der Waals surface area contributed by atoms with E-state index in [2.05, 4.69) is 55.2 Å². The second-order valence-corrected chi connectivity index (χ2v) is 13.1. The topological polar surface area (TPSA) is 133 Å². The van der Waals surface area contributed by atoms with Gasteiger partial charge in [-0.05, 0) is 62.6 Å². The number of methoxy groups -OCH3 is 1. The molecule has 2 fully saturated rings. The summed E-state index contributed by atoms with van der Waals surface area (Å²) in [5.41, 5.74) is 2.86. The van der Waals surface area contributed by atoms with Gasteiger partial charge in [-0.2, -0.15) is 0 Å². The number of hydrogen-bond acceptors (Lipinski definition) is 10. The summed E-state index contributed by atoms with van der Waals surface area (Å²) in [4.78, 5) is 40.7. The predicted octanol–water partition coefficient (Wildman–Crippen LogP) is 3.76. The molecule has 2 aromatic carbocycles. The van der Waals surface area contributed by atoms with Crippen LogP contribution in [0, 0.1) is 5.41 Å². The van der Waals surface area contributed by atoms with Crippen LogP contribution in [0.2, 0.25) is 0 Å². The fraction of sp³-hybridized carbons (Fsp3) is 0.529. The summed E-state index contributed by atoms with van der Waals surface area (Å²) in [7, 11) is 3.46. The minimum atomic E-state index is -0.587. The average molecular weight is 633 g/mol. The van der Waals surface area contributed by atoms with Gasteiger partial charge in [0.2, 0.25) is 11.8 Å². The highest BCUT2D eigenvalue weighted by Gasteiger charge is 2.41. The van der Waals surface area contributed by atoms with Crippen molar-refractivity contribution < 1.29 is 19.1 Å². The first kappa shape index (κ1) is 33.4. The number of amides is 2. The number of rotatable bonds is 11. The van der Waals surface area contributed by atoms with E-state index in [9.17, 15) is 9.59 Å². The molecular weight excluding hydrogens is 584 g/mol. The Hall–Kier alpha value is -4.00. The summed E-state index contributed by atoms with van der Waals surface area (Å²) in [5.74, 6) is 0.782. The molecule has 0 unspecified atom stereocenters. The molecule has 3 heterocycles. The number of carbonyl (C=O) groups excluding carboxylic acids is 2. The molecule has 2 aliphatic heterocycles. The molecule has 4 N–H and O–H groups in total. The lowest BCUT2D eigenvalue weighted by Crippen LogP contribution is -2.57. The van der Waals surface area contributed by atoms with Crippen LogP contribution in [-0.4, -0.2) is 98.4 Å². The van der Waals surface area contributed by atoms with E-state index >= 15 is 0 Å². The van der Waals surface area contributed by atoms with Gasteiger partial charge in [-0.1, -0.05) is 20.8 Å². The summed E-state index contributed by atoms with van der Waals surface area (Å²) in [6.07, 6.45) is 2.85. The Morgan fingerprint density at radius 1 is 1.09 bits per heavy atom. The van der Waals surface area contributed by atoms with Gasteiger partial charge < -0.3 is 40.5 Å². The third-order valence-corrected chi connectivity index (χ3v) is 8.79. The first-order valence-electron chi connectivity index (χ1n) is 16.1. The highest BCUT2D eigenvalue weighted by Crippen LogP contribution is 2.34. The molecule has 2 saturated heterocycles. The molecule has 0 spiro atoms. The maximum Gasteiger partial charge on any atom is 0.247 e. The lowest BCUT2D eigenvalue weighted by atomic mass is 9.85. The number of benzene rings is 2. The van der Waals surface area contributed by atoms with Crippen molar-refractivity contribution in [2.45, 2.75) is 58.7 Å². The number of fused-ring (bicyclic) bond motifs is 1. The summed E-state index contributed by atoms with van der Waals surface area (Å²) < 4.78 is 11.1. The second kappa shape index (κ2) is 14.6. The number of ether oxygens (including phenoxy) is 2. The lowest BCUT2D eigenvalue weighted by molar-refractivity contribution is -0.140. The lowest BCUT2D eigenvalue weighted by Gasteiger charge is -2.36. The molecule has 0 saturated carbocycles. The van der Waals surface area contributed by atoms with Crippen LogP contribution < -0.4 is 30.9 Å². The van der Waals surface area contributed by atoms with Gasteiger partial charge in [-0.25, -0.2) is 9.97 Å². The number of likely N-dealkylation sites (N-methyl/N-ethyl adjacent to an activating group) is 1. The first-order valence-corrected chi connectivity index (χ1v) is 16.1.